The van der Waals surface area contributed by atoms with Crippen LogP contribution in [0.3, 0.4) is 0 Å². The van der Waals surface area contributed by atoms with Crippen molar-refractivity contribution in [3.63, 3.8) is 0 Å². The van der Waals surface area contributed by atoms with E-state index >= 15 is 0 Å². The molecule has 2 N–H and O–H groups in total. The summed E-state index contributed by atoms with van der Waals surface area (Å²) >= 11 is 0. The van der Waals surface area contributed by atoms with Crippen LogP contribution in [0, 0.1) is 25.6 Å². The number of non-ortho nitro benzene ring substituents is 2. The Labute approximate surface area is 239 Å². The van der Waals surface area contributed by atoms with Gasteiger partial charge < -0.3 is 14.8 Å². The third kappa shape index (κ3) is 8.17. The fraction of sp³-hybridized carbons (Fsp3) is 0.214. The standard InChI is InChI=1S/C28H27N5O9/c1-5-41-24-12-17(16-29-31-25(34)18-7-9-20(10-8-18)30-27(36)28(2,3)4)6-11-23(24)42-26(35)19-13-21(32(37)38)15-22(14-19)33(39)40/h6-16H,5H2,1-4H3,(H,30,36)(H,31,34)/b29-16+. The maximum Gasteiger partial charge on any atom is 0.344 e. The fourth-order valence-electron chi connectivity index (χ4n) is 3.29. The van der Waals surface area contributed by atoms with Crippen molar-refractivity contribution in [2.45, 2.75) is 27.7 Å². The molecule has 0 unspecified atom stereocenters. The number of carbonyl (C=O) groups excluding carboxylic acids is 3. The van der Waals surface area contributed by atoms with E-state index in [-0.39, 0.29) is 24.0 Å². The monoisotopic (exact) mass is 577 g/mol. The number of nitrogens with zero attached hydrogens (tertiary/aromatic N) is 3. The molecule has 0 bridgehead atoms. The molecular formula is C28H27N5O9. The number of hydrogen-bond donors (Lipinski definition) is 2. The van der Waals surface area contributed by atoms with E-state index in [2.05, 4.69) is 15.8 Å². The van der Waals surface area contributed by atoms with Gasteiger partial charge in [-0.2, -0.15) is 5.10 Å². The summed E-state index contributed by atoms with van der Waals surface area (Å²) in [6.07, 6.45) is 1.33. The van der Waals surface area contributed by atoms with Crippen LogP contribution in [-0.4, -0.2) is 40.5 Å². The summed E-state index contributed by atoms with van der Waals surface area (Å²) in [5, 5.41) is 29.0. The summed E-state index contributed by atoms with van der Waals surface area (Å²) in [7, 11) is 0. The Balaban J connectivity index is 1.70. The van der Waals surface area contributed by atoms with Gasteiger partial charge in [-0.05, 0) is 55.0 Å². The molecule has 3 aromatic rings. The first-order chi connectivity index (χ1) is 19.8. The number of esters is 1. The largest absolute Gasteiger partial charge is 0.490 e. The summed E-state index contributed by atoms with van der Waals surface area (Å²) in [4.78, 5) is 57.8. The van der Waals surface area contributed by atoms with Crippen molar-refractivity contribution in [1.82, 2.24) is 5.43 Å². The molecule has 3 rings (SSSR count). The van der Waals surface area contributed by atoms with Gasteiger partial charge in [-0.1, -0.05) is 20.8 Å². The fourth-order valence-corrected chi connectivity index (χ4v) is 3.29. The number of anilines is 1. The second-order valence-electron chi connectivity index (χ2n) is 9.76. The zero-order chi connectivity index (χ0) is 31.0. The van der Waals surface area contributed by atoms with Crippen LogP contribution in [0.4, 0.5) is 17.1 Å². The zero-order valence-corrected chi connectivity index (χ0v) is 23.1. The van der Waals surface area contributed by atoms with Gasteiger partial charge in [0.15, 0.2) is 11.5 Å². The van der Waals surface area contributed by atoms with Gasteiger partial charge in [0.1, 0.15) is 0 Å². The minimum absolute atomic E-state index is 0.0455. The number of amides is 2. The molecule has 0 aromatic heterocycles. The Morgan fingerprint density at radius 3 is 2.05 bits per heavy atom. The highest BCUT2D eigenvalue weighted by molar-refractivity contribution is 5.97. The maximum absolute atomic E-state index is 12.7. The predicted molar refractivity (Wildman–Crippen MR) is 152 cm³/mol. The predicted octanol–water partition coefficient (Wildman–Crippen LogP) is 4.87. The summed E-state index contributed by atoms with van der Waals surface area (Å²) in [6, 6.07) is 13.1. The van der Waals surface area contributed by atoms with Gasteiger partial charge in [0, 0.05) is 28.8 Å². The quantitative estimate of drug-likeness (QED) is 0.111. The van der Waals surface area contributed by atoms with Crippen molar-refractivity contribution >= 4 is 41.1 Å². The molecule has 2 amide bonds. The number of rotatable bonds is 10. The van der Waals surface area contributed by atoms with Crippen LogP contribution >= 0.6 is 0 Å². The molecule has 0 radical (unpaired) electrons. The van der Waals surface area contributed by atoms with E-state index in [1.807, 2.05) is 0 Å². The molecule has 0 saturated carbocycles. The molecule has 0 fully saturated rings. The molecule has 0 aliphatic heterocycles. The third-order valence-corrected chi connectivity index (χ3v) is 5.50. The van der Waals surface area contributed by atoms with Crippen LogP contribution < -0.4 is 20.2 Å². The number of carbonyl (C=O) groups is 3. The van der Waals surface area contributed by atoms with E-state index in [1.54, 1.807) is 39.8 Å². The van der Waals surface area contributed by atoms with Crippen molar-refractivity contribution in [2.75, 3.05) is 11.9 Å². The molecular weight excluding hydrogens is 550 g/mol. The van der Waals surface area contributed by atoms with Gasteiger partial charge in [-0.25, -0.2) is 10.2 Å². The van der Waals surface area contributed by atoms with E-state index in [1.165, 1.54) is 36.5 Å². The minimum Gasteiger partial charge on any atom is -0.490 e. The first-order valence-electron chi connectivity index (χ1n) is 12.5. The van der Waals surface area contributed by atoms with Crippen molar-refractivity contribution in [2.24, 2.45) is 10.5 Å². The minimum atomic E-state index is -1.07. The Morgan fingerprint density at radius 2 is 1.50 bits per heavy atom. The van der Waals surface area contributed by atoms with Crippen LogP contribution in [-0.2, 0) is 4.79 Å². The van der Waals surface area contributed by atoms with E-state index in [0.717, 1.165) is 18.2 Å². The first-order valence-corrected chi connectivity index (χ1v) is 12.5. The average Bonchev–Trinajstić information content (AvgIpc) is 2.94. The van der Waals surface area contributed by atoms with E-state index < -0.39 is 44.1 Å². The van der Waals surface area contributed by atoms with Gasteiger partial charge in [-0.3, -0.25) is 29.8 Å². The highest BCUT2D eigenvalue weighted by Crippen LogP contribution is 2.30. The van der Waals surface area contributed by atoms with E-state index in [4.69, 9.17) is 9.47 Å². The number of nitro groups is 2. The van der Waals surface area contributed by atoms with Gasteiger partial charge >= 0.3 is 5.97 Å². The summed E-state index contributed by atoms with van der Waals surface area (Å²) in [5.41, 5.74) is 1.46. The van der Waals surface area contributed by atoms with Crippen molar-refractivity contribution in [1.29, 1.82) is 0 Å². The Bertz CT molecular complexity index is 1530. The van der Waals surface area contributed by atoms with Gasteiger partial charge in [0.25, 0.3) is 17.3 Å². The Hall–Kier alpha value is -5.66. The van der Waals surface area contributed by atoms with Crippen LogP contribution in [0.5, 0.6) is 11.5 Å². The molecule has 14 nitrogen and oxygen atoms in total. The lowest BCUT2D eigenvalue weighted by Crippen LogP contribution is -2.27. The van der Waals surface area contributed by atoms with E-state index in [9.17, 15) is 34.6 Å². The lowest BCUT2D eigenvalue weighted by atomic mass is 9.95. The number of hydrazone groups is 1. The van der Waals surface area contributed by atoms with Crippen molar-refractivity contribution in [3.8, 4) is 11.5 Å². The van der Waals surface area contributed by atoms with Gasteiger partial charge in [-0.15, -0.1) is 0 Å². The Morgan fingerprint density at radius 1 is 0.881 bits per heavy atom. The van der Waals surface area contributed by atoms with Gasteiger partial charge in [0.2, 0.25) is 5.91 Å². The maximum atomic E-state index is 12.7. The van der Waals surface area contributed by atoms with Crippen molar-refractivity contribution < 1.29 is 33.7 Å². The molecule has 0 heterocycles. The highest BCUT2D eigenvalue weighted by Gasteiger charge is 2.23. The molecule has 0 spiro atoms. The highest BCUT2D eigenvalue weighted by atomic mass is 16.6. The third-order valence-electron chi connectivity index (χ3n) is 5.50. The first kappa shape index (κ1) is 30.9. The molecule has 0 saturated heterocycles. The topological polar surface area (TPSA) is 192 Å². The van der Waals surface area contributed by atoms with Crippen molar-refractivity contribution in [3.05, 3.63) is 97.6 Å². The molecule has 42 heavy (non-hydrogen) atoms. The van der Waals surface area contributed by atoms with E-state index in [0.29, 0.717) is 16.8 Å². The zero-order valence-electron chi connectivity index (χ0n) is 23.1. The second-order valence-corrected chi connectivity index (χ2v) is 9.76. The second kappa shape index (κ2) is 13.1. The molecule has 218 valence electrons. The number of benzene rings is 3. The number of hydrogen-bond acceptors (Lipinski definition) is 10. The SMILES string of the molecule is CCOc1cc(/C=N/NC(=O)c2ccc(NC(=O)C(C)(C)C)cc2)ccc1OC(=O)c1cc([N+](=O)[O-])cc([N+](=O)[O-])c1. The molecule has 0 atom stereocenters. The van der Waals surface area contributed by atoms with Crippen LogP contribution in [0.25, 0.3) is 0 Å². The Kier molecular flexibility index (Phi) is 9.65. The summed E-state index contributed by atoms with van der Waals surface area (Å²) < 4.78 is 10.8. The average molecular weight is 578 g/mol. The lowest BCUT2D eigenvalue weighted by molar-refractivity contribution is -0.394. The summed E-state index contributed by atoms with van der Waals surface area (Å²) in [6.45, 7) is 7.24. The molecule has 14 heteroatoms. The number of nitrogens with one attached hydrogen (secondary N) is 2. The lowest BCUT2D eigenvalue weighted by Gasteiger charge is -2.17. The normalized spacial score (nSPS) is 11.0. The molecule has 0 aliphatic carbocycles. The summed E-state index contributed by atoms with van der Waals surface area (Å²) in [5.74, 6) is -1.66. The van der Waals surface area contributed by atoms with Crippen LogP contribution in [0.1, 0.15) is 54.0 Å². The number of ether oxygens (including phenoxy) is 2. The smallest absolute Gasteiger partial charge is 0.344 e. The van der Waals surface area contributed by atoms with Gasteiger partial charge in [0.05, 0.1) is 34.3 Å². The molecule has 3 aromatic carbocycles. The molecule has 0 aliphatic rings. The number of nitro benzene ring substituents is 2. The van der Waals surface area contributed by atoms with Crippen LogP contribution in [0.15, 0.2) is 65.8 Å². The van der Waals surface area contributed by atoms with Crippen LogP contribution in [0.2, 0.25) is 0 Å².